The lowest BCUT2D eigenvalue weighted by atomic mass is 10.0. The van der Waals surface area contributed by atoms with E-state index in [-0.39, 0.29) is 4.86 Å². The lowest BCUT2D eigenvalue weighted by Crippen LogP contribution is -2.27. The summed E-state index contributed by atoms with van der Waals surface area (Å²) in [5.41, 5.74) is 0.465. The maximum atomic E-state index is 12.3. The summed E-state index contributed by atoms with van der Waals surface area (Å²) in [5, 5.41) is 0. The van der Waals surface area contributed by atoms with Crippen molar-refractivity contribution in [3.63, 3.8) is 0 Å². The molecule has 0 saturated heterocycles. The molecule has 0 amide bonds. The molecule has 1 aromatic carbocycles. The van der Waals surface area contributed by atoms with E-state index in [4.69, 9.17) is 12.2 Å². The second-order valence-electron chi connectivity index (χ2n) is 2.99. The molecule has 0 aromatic heterocycles. The zero-order valence-electron chi connectivity index (χ0n) is 7.51. The van der Waals surface area contributed by atoms with Crippen LogP contribution in [0.4, 0.5) is 13.2 Å². The predicted octanol–water partition coefficient (Wildman–Crippen LogP) is 3.60. The first-order valence-corrected chi connectivity index (χ1v) is 4.49. The fraction of sp³-hybridized carbons (Fsp3) is 0.300. The molecular formula is C10H9F3S. The van der Waals surface area contributed by atoms with Crippen LogP contribution >= 0.6 is 12.2 Å². The van der Waals surface area contributed by atoms with Gasteiger partial charge in [0.05, 0.1) is 5.92 Å². The second kappa shape index (κ2) is 4.09. The minimum Gasteiger partial charge on any atom is -0.170 e. The Labute approximate surface area is 85.7 Å². The lowest BCUT2D eigenvalue weighted by molar-refractivity contribution is -0.150. The molecule has 1 atom stereocenters. The number of hydrogen-bond donors (Lipinski definition) is 0. The van der Waals surface area contributed by atoms with Gasteiger partial charge in [-0.25, -0.2) is 0 Å². The topological polar surface area (TPSA) is 0 Å². The van der Waals surface area contributed by atoms with Crippen molar-refractivity contribution in [1.82, 2.24) is 0 Å². The van der Waals surface area contributed by atoms with Gasteiger partial charge in [-0.3, -0.25) is 0 Å². The summed E-state index contributed by atoms with van der Waals surface area (Å²) < 4.78 is 36.9. The van der Waals surface area contributed by atoms with Gasteiger partial charge < -0.3 is 0 Å². The number of halogens is 3. The van der Waals surface area contributed by atoms with Crippen LogP contribution in [-0.4, -0.2) is 11.0 Å². The van der Waals surface area contributed by atoms with Crippen molar-refractivity contribution in [2.75, 3.05) is 0 Å². The SMILES string of the molecule is CC(C(=S)c1ccccc1)C(F)(F)F. The Hall–Kier alpha value is -0.900. The minimum atomic E-state index is -4.26. The largest absolute Gasteiger partial charge is 0.396 e. The van der Waals surface area contributed by atoms with E-state index in [0.29, 0.717) is 5.56 Å². The molecule has 0 N–H and O–H groups in total. The van der Waals surface area contributed by atoms with E-state index in [1.165, 1.54) is 0 Å². The van der Waals surface area contributed by atoms with Crippen molar-refractivity contribution in [1.29, 1.82) is 0 Å². The molecule has 0 spiro atoms. The molecule has 1 rings (SSSR count). The molecule has 0 saturated carbocycles. The van der Waals surface area contributed by atoms with Gasteiger partial charge in [0.25, 0.3) is 0 Å². The van der Waals surface area contributed by atoms with Crippen LogP contribution in [0.2, 0.25) is 0 Å². The average Bonchev–Trinajstić information content (AvgIpc) is 2.15. The van der Waals surface area contributed by atoms with Crippen LogP contribution < -0.4 is 0 Å². The molecule has 0 fully saturated rings. The molecule has 76 valence electrons. The third-order valence-electron chi connectivity index (χ3n) is 1.94. The molecule has 0 nitrogen and oxygen atoms in total. The molecule has 0 aliphatic heterocycles. The van der Waals surface area contributed by atoms with Crippen molar-refractivity contribution in [2.45, 2.75) is 13.1 Å². The van der Waals surface area contributed by atoms with Crippen LogP contribution in [0.1, 0.15) is 12.5 Å². The van der Waals surface area contributed by atoms with Crippen molar-refractivity contribution in [3.8, 4) is 0 Å². The van der Waals surface area contributed by atoms with E-state index < -0.39 is 12.1 Å². The Morgan fingerprint density at radius 2 is 1.71 bits per heavy atom. The summed E-state index contributed by atoms with van der Waals surface area (Å²) in [6.07, 6.45) is -4.26. The van der Waals surface area contributed by atoms with Gasteiger partial charge in [-0.15, -0.1) is 0 Å². The fourth-order valence-corrected chi connectivity index (χ4v) is 1.27. The first-order chi connectivity index (χ1) is 6.43. The molecule has 1 unspecified atom stereocenters. The fourth-order valence-electron chi connectivity index (χ4n) is 1.00. The van der Waals surface area contributed by atoms with Crippen LogP contribution in [0.15, 0.2) is 30.3 Å². The monoisotopic (exact) mass is 218 g/mol. The van der Waals surface area contributed by atoms with Gasteiger partial charge >= 0.3 is 6.18 Å². The van der Waals surface area contributed by atoms with Gasteiger partial charge in [0.1, 0.15) is 0 Å². The summed E-state index contributed by atoms with van der Waals surface area (Å²) in [5.74, 6) is -1.57. The van der Waals surface area contributed by atoms with Crippen LogP contribution in [0.3, 0.4) is 0 Å². The highest BCUT2D eigenvalue weighted by Gasteiger charge is 2.38. The summed E-state index contributed by atoms with van der Waals surface area (Å²) in [6, 6.07) is 8.26. The maximum absolute atomic E-state index is 12.3. The summed E-state index contributed by atoms with van der Waals surface area (Å²) in [4.78, 5) is -0.0573. The highest BCUT2D eigenvalue weighted by molar-refractivity contribution is 7.80. The van der Waals surface area contributed by atoms with Crippen molar-refractivity contribution in [3.05, 3.63) is 35.9 Å². The third kappa shape index (κ3) is 2.54. The van der Waals surface area contributed by atoms with Crippen LogP contribution in [0.25, 0.3) is 0 Å². The minimum absolute atomic E-state index is 0.0573. The maximum Gasteiger partial charge on any atom is 0.396 e. The molecule has 0 bridgehead atoms. The summed E-state index contributed by atoms with van der Waals surface area (Å²) in [7, 11) is 0. The number of hydrogen-bond acceptors (Lipinski definition) is 1. The Morgan fingerprint density at radius 3 is 2.14 bits per heavy atom. The van der Waals surface area contributed by atoms with Crippen LogP contribution in [0.5, 0.6) is 0 Å². The molecule has 4 heteroatoms. The molecule has 0 radical (unpaired) electrons. The second-order valence-corrected chi connectivity index (χ2v) is 3.43. The molecule has 14 heavy (non-hydrogen) atoms. The number of benzene rings is 1. The number of thiocarbonyl (C=S) groups is 1. The van der Waals surface area contributed by atoms with Crippen molar-refractivity contribution >= 4 is 17.1 Å². The Morgan fingerprint density at radius 1 is 1.21 bits per heavy atom. The van der Waals surface area contributed by atoms with Gasteiger partial charge in [-0.05, 0) is 12.5 Å². The standard InChI is InChI=1S/C10H9F3S/c1-7(10(11,12)13)9(14)8-5-3-2-4-6-8/h2-7H,1H3. The smallest absolute Gasteiger partial charge is 0.170 e. The molecular weight excluding hydrogens is 209 g/mol. The molecule has 0 aliphatic rings. The molecule has 1 aromatic rings. The van der Waals surface area contributed by atoms with E-state index in [1.807, 2.05) is 0 Å². The van der Waals surface area contributed by atoms with Crippen molar-refractivity contribution in [2.24, 2.45) is 5.92 Å². The summed E-state index contributed by atoms with van der Waals surface area (Å²) in [6.45, 7) is 1.08. The number of rotatable bonds is 2. The Balaban J connectivity index is 2.87. The zero-order valence-corrected chi connectivity index (χ0v) is 8.32. The third-order valence-corrected chi connectivity index (χ3v) is 2.53. The summed E-state index contributed by atoms with van der Waals surface area (Å²) >= 11 is 4.77. The van der Waals surface area contributed by atoms with E-state index in [1.54, 1.807) is 30.3 Å². The van der Waals surface area contributed by atoms with E-state index >= 15 is 0 Å². The van der Waals surface area contributed by atoms with Gasteiger partial charge in [0.2, 0.25) is 0 Å². The van der Waals surface area contributed by atoms with Gasteiger partial charge in [0, 0.05) is 4.86 Å². The van der Waals surface area contributed by atoms with Crippen molar-refractivity contribution < 1.29 is 13.2 Å². The first-order valence-electron chi connectivity index (χ1n) is 4.09. The predicted molar refractivity (Wildman–Crippen MR) is 53.4 cm³/mol. The van der Waals surface area contributed by atoms with Crippen LogP contribution in [-0.2, 0) is 0 Å². The van der Waals surface area contributed by atoms with Crippen LogP contribution in [0, 0.1) is 5.92 Å². The zero-order chi connectivity index (χ0) is 10.8. The quantitative estimate of drug-likeness (QED) is 0.540. The lowest BCUT2D eigenvalue weighted by Gasteiger charge is -2.16. The Bertz CT molecular complexity index is 316. The van der Waals surface area contributed by atoms with E-state index in [2.05, 4.69) is 0 Å². The van der Waals surface area contributed by atoms with Gasteiger partial charge in [0.15, 0.2) is 0 Å². The highest BCUT2D eigenvalue weighted by atomic mass is 32.1. The molecule has 0 heterocycles. The van der Waals surface area contributed by atoms with Gasteiger partial charge in [-0.1, -0.05) is 42.5 Å². The number of alkyl halides is 3. The highest BCUT2D eigenvalue weighted by Crippen LogP contribution is 2.29. The normalized spacial score (nSPS) is 13.7. The molecule has 0 aliphatic carbocycles. The van der Waals surface area contributed by atoms with Gasteiger partial charge in [-0.2, -0.15) is 13.2 Å². The first kappa shape index (κ1) is 11.2. The van der Waals surface area contributed by atoms with E-state index in [0.717, 1.165) is 6.92 Å². The Kier molecular flexibility index (Phi) is 3.26. The van der Waals surface area contributed by atoms with E-state index in [9.17, 15) is 13.2 Å². The average molecular weight is 218 g/mol.